The summed E-state index contributed by atoms with van der Waals surface area (Å²) in [4.78, 5) is 0. The molecule has 0 amide bonds. The Morgan fingerprint density at radius 3 is 2.06 bits per heavy atom. The Hall–Kier alpha value is -0.970. The van der Waals surface area contributed by atoms with E-state index in [1.807, 2.05) is 6.92 Å². The molecule has 3 fully saturated rings. The van der Waals surface area contributed by atoms with Crippen molar-refractivity contribution in [1.82, 2.24) is 0 Å². The molecule has 2 unspecified atom stereocenters. The van der Waals surface area contributed by atoms with E-state index in [1.165, 1.54) is 56.1 Å². The summed E-state index contributed by atoms with van der Waals surface area (Å²) in [6.07, 6.45) is 13.5. The molecular formula is C29H45FO3. The van der Waals surface area contributed by atoms with Crippen molar-refractivity contribution in [3.05, 3.63) is 35.4 Å². The van der Waals surface area contributed by atoms with Gasteiger partial charge in [-0.3, -0.25) is 0 Å². The minimum absolute atomic E-state index is 0.197. The monoisotopic (exact) mass is 460 g/mol. The van der Waals surface area contributed by atoms with E-state index in [0.29, 0.717) is 18.3 Å². The number of hydrogen-bond acceptors (Lipinski definition) is 3. The Labute approximate surface area is 200 Å². The fourth-order valence-corrected chi connectivity index (χ4v) is 6.19. The van der Waals surface area contributed by atoms with Gasteiger partial charge in [0.15, 0.2) is 12.0 Å². The summed E-state index contributed by atoms with van der Waals surface area (Å²) < 4.78 is 32.6. The summed E-state index contributed by atoms with van der Waals surface area (Å²) in [5.41, 5.74) is 1.51. The summed E-state index contributed by atoms with van der Waals surface area (Å²) in [5.74, 6) is 1.83. The van der Waals surface area contributed by atoms with Crippen LogP contribution in [0, 0.1) is 17.8 Å². The van der Waals surface area contributed by atoms with Crippen molar-refractivity contribution in [2.24, 2.45) is 17.8 Å². The first-order valence-corrected chi connectivity index (χ1v) is 13.7. The molecule has 2 heterocycles. The molecule has 186 valence electrons. The highest BCUT2D eigenvalue weighted by molar-refractivity contribution is 5.24. The Bertz CT molecular complexity index is 681. The third-order valence-electron chi connectivity index (χ3n) is 8.31. The molecule has 1 aromatic carbocycles. The van der Waals surface area contributed by atoms with Gasteiger partial charge in [-0.05, 0) is 80.8 Å². The number of aryl methyl sites for hydroxylation is 1. The van der Waals surface area contributed by atoms with Gasteiger partial charge in [0.25, 0.3) is 0 Å². The number of ether oxygens (including phenoxy) is 3. The molecule has 1 aliphatic carbocycles. The van der Waals surface area contributed by atoms with Crippen LogP contribution in [-0.2, 0) is 20.6 Å². The molecule has 2 saturated heterocycles. The van der Waals surface area contributed by atoms with Crippen molar-refractivity contribution in [2.45, 2.75) is 109 Å². The van der Waals surface area contributed by atoms with Gasteiger partial charge in [-0.2, -0.15) is 0 Å². The minimum Gasteiger partial charge on any atom is -0.373 e. The summed E-state index contributed by atoms with van der Waals surface area (Å²) in [6, 6.07) is 9.17. The standard InChI is InChI=1S/C29H45FO3/c1-3-5-6-7-22-8-10-24(11-9-22)27-17-16-26(19-31-27)23-12-14-25(15-13-23)28-32-20-29(30,18-4-2)21-33-28/h8-11,23,25-28H,3-7,12-21H2,1-2H3. The predicted molar refractivity (Wildman–Crippen MR) is 131 cm³/mol. The first-order valence-electron chi connectivity index (χ1n) is 13.7. The maximum absolute atomic E-state index is 14.6. The van der Waals surface area contributed by atoms with Crippen LogP contribution in [-0.4, -0.2) is 31.8 Å². The topological polar surface area (TPSA) is 27.7 Å². The molecule has 3 nitrogen and oxygen atoms in total. The zero-order valence-electron chi connectivity index (χ0n) is 20.9. The third-order valence-corrected chi connectivity index (χ3v) is 8.31. The normalized spacial score (nSPS) is 35.4. The van der Waals surface area contributed by atoms with E-state index in [-0.39, 0.29) is 25.6 Å². The van der Waals surface area contributed by atoms with Crippen LogP contribution in [0.4, 0.5) is 4.39 Å². The number of unbranched alkanes of at least 4 members (excludes halogenated alkanes) is 2. The summed E-state index contributed by atoms with van der Waals surface area (Å²) >= 11 is 0. The zero-order chi connectivity index (χ0) is 23.1. The number of alkyl halides is 1. The lowest BCUT2D eigenvalue weighted by Crippen LogP contribution is -2.47. The molecule has 1 aromatic rings. The first-order chi connectivity index (χ1) is 16.1. The van der Waals surface area contributed by atoms with Crippen molar-refractivity contribution in [1.29, 1.82) is 0 Å². The summed E-state index contributed by atoms with van der Waals surface area (Å²) in [5, 5.41) is 0. The second-order valence-electron chi connectivity index (χ2n) is 10.9. The lowest BCUT2D eigenvalue weighted by atomic mass is 9.73. The number of rotatable bonds is 9. The molecule has 0 aromatic heterocycles. The molecule has 4 rings (SSSR count). The van der Waals surface area contributed by atoms with Crippen LogP contribution in [0.25, 0.3) is 0 Å². The smallest absolute Gasteiger partial charge is 0.160 e. The van der Waals surface area contributed by atoms with Crippen LogP contribution in [0.15, 0.2) is 24.3 Å². The van der Waals surface area contributed by atoms with Gasteiger partial charge in [0.1, 0.15) is 0 Å². The predicted octanol–water partition coefficient (Wildman–Crippen LogP) is 7.57. The molecule has 0 radical (unpaired) electrons. The van der Waals surface area contributed by atoms with Crippen molar-refractivity contribution in [2.75, 3.05) is 19.8 Å². The zero-order valence-corrected chi connectivity index (χ0v) is 20.9. The van der Waals surface area contributed by atoms with E-state index < -0.39 is 5.67 Å². The van der Waals surface area contributed by atoms with Crippen LogP contribution >= 0.6 is 0 Å². The van der Waals surface area contributed by atoms with Crippen LogP contribution < -0.4 is 0 Å². The summed E-state index contributed by atoms with van der Waals surface area (Å²) in [7, 11) is 0. The SMILES string of the molecule is CCCCCc1ccc(C2CCC(C3CCC(C4OCC(F)(CCC)CO4)CC3)CO2)cc1. The van der Waals surface area contributed by atoms with E-state index in [4.69, 9.17) is 14.2 Å². The maximum atomic E-state index is 14.6. The van der Waals surface area contributed by atoms with Crippen molar-refractivity contribution in [3.8, 4) is 0 Å². The largest absolute Gasteiger partial charge is 0.373 e. The molecule has 4 heteroatoms. The van der Waals surface area contributed by atoms with Gasteiger partial charge in [-0.1, -0.05) is 57.4 Å². The molecule has 3 aliphatic rings. The number of hydrogen-bond donors (Lipinski definition) is 0. The highest BCUT2D eigenvalue weighted by atomic mass is 19.1. The minimum atomic E-state index is -1.28. The molecule has 0 N–H and O–H groups in total. The van der Waals surface area contributed by atoms with Crippen LogP contribution in [0.5, 0.6) is 0 Å². The molecule has 0 bridgehead atoms. The molecule has 2 atom stereocenters. The van der Waals surface area contributed by atoms with Crippen LogP contribution in [0.3, 0.4) is 0 Å². The van der Waals surface area contributed by atoms with E-state index in [0.717, 1.165) is 38.2 Å². The molecule has 0 spiro atoms. The van der Waals surface area contributed by atoms with Gasteiger partial charge in [0.2, 0.25) is 0 Å². The fourth-order valence-electron chi connectivity index (χ4n) is 6.19. The highest BCUT2D eigenvalue weighted by Crippen LogP contribution is 2.42. The van der Waals surface area contributed by atoms with Gasteiger partial charge < -0.3 is 14.2 Å². The van der Waals surface area contributed by atoms with Crippen molar-refractivity contribution in [3.63, 3.8) is 0 Å². The lowest BCUT2D eigenvalue weighted by Gasteiger charge is -2.42. The molecular weight excluding hydrogens is 415 g/mol. The molecule has 1 saturated carbocycles. The Balaban J connectivity index is 1.17. The van der Waals surface area contributed by atoms with E-state index in [1.54, 1.807) is 0 Å². The van der Waals surface area contributed by atoms with Crippen molar-refractivity contribution < 1.29 is 18.6 Å². The van der Waals surface area contributed by atoms with Gasteiger partial charge >= 0.3 is 0 Å². The lowest BCUT2D eigenvalue weighted by molar-refractivity contribution is -0.258. The van der Waals surface area contributed by atoms with E-state index in [2.05, 4.69) is 31.2 Å². The second-order valence-corrected chi connectivity index (χ2v) is 10.9. The van der Waals surface area contributed by atoms with Crippen LogP contribution in [0.2, 0.25) is 0 Å². The number of benzene rings is 1. The van der Waals surface area contributed by atoms with E-state index in [9.17, 15) is 4.39 Å². The van der Waals surface area contributed by atoms with E-state index >= 15 is 0 Å². The van der Waals surface area contributed by atoms with Gasteiger partial charge in [-0.25, -0.2) is 4.39 Å². The van der Waals surface area contributed by atoms with Gasteiger partial charge in [0.05, 0.1) is 25.9 Å². The average molecular weight is 461 g/mol. The first kappa shape index (κ1) is 25.1. The molecule has 2 aliphatic heterocycles. The van der Waals surface area contributed by atoms with Gasteiger partial charge in [-0.15, -0.1) is 0 Å². The van der Waals surface area contributed by atoms with Crippen molar-refractivity contribution >= 4 is 0 Å². The third kappa shape index (κ3) is 6.80. The summed E-state index contributed by atoms with van der Waals surface area (Å²) in [6.45, 7) is 5.55. The Kier molecular flexibility index (Phi) is 9.24. The van der Waals surface area contributed by atoms with Gasteiger partial charge in [0, 0.05) is 5.92 Å². The molecule has 33 heavy (non-hydrogen) atoms. The average Bonchev–Trinajstić information content (AvgIpc) is 2.85. The Morgan fingerprint density at radius 2 is 1.45 bits per heavy atom. The fraction of sp³-hybridized carbons (Fsp3) is 0.793. The number of halogens is 1. The maximum Gasteiger partial charge on any atom is 0.160 e. The quantitative estimate of drug-likeness (QED) is 0.356. The second kappa shape index (κ2) is 12.1. The van der Waals surface area contributed by atoms with Crippen LogP contribution in [0.1, 0.15) is 102 Å². The highest BCUT2D eigenvalue weighted by Gasteiger charge is 2.41. The Morgan fingerprint density at radius 1 is 0.788 bits per heavy atom.